The molecule has 2 aromatic rings. The molecule has 0 atom stereocenters. The fraction of sp³-hybridized carbons (Fsp3) is 0.276. The van der Waals surface area contributed by atoms with Gasteiger partial charge >= 0.3 is 0 Å². The quantitative estimate of drug-likeness (QED) is 0.218. The molecule has 9 nitrogen and oxygen atoms in total. The molecule has 2 heterocycles. The molecule has 0 unspecified atom stereocenters. The van der Waals surface area contributed by atoms with Gasteiger partial charge in [-0.3, -0.25) is 9.11 Å². The SMILES string of the molecule is CN1/C(=C/C=C/C=C/C=C/C2=[N+](C)c3ccc(S(=O)(=O)O)cc3C2(C)C)C(C)(C)c2cc(S(=O)(=O)O)ccc21.O.[Na]. The number of benzene rings is 2. The molecule has 12 heteroatoms. The first-order chi connectivity index (χ1) is 18.0. The van der Waals surface area contributed by atoms with Crippen LogP contribution in [0.3, 0.4) is 0 Å². The second kappa shape index (κ2) is 12.1. The van der Waals surface area contributed by atoms with Crippen LogP contribution in [0.15, 0.2) is 94.4 Å². The zero-order valence-corrected chi connectivity index (χ0v) is 27.9. The molecule has 0 fully saturated rings. The van der Waals surface area contributed by atoms with E-state index >= 15 is 0 Å². The zero-order chi connectivity index (χ0) is 29.0. The molecule has 0 amide bonds. The third-order valence-electron chi connectivity index (χ3n) is 7.56. The summed E-state index contributed by atoms with van der Waals surface area (Å²) in [6, 6.07) is 9.27. The minimum absolute atomic E-state index is 0. The maximum absolute atomic E-state index is 11.6. The molecule has 41 heavy (non-hydrogen) atoms. The smallest absolute Gasteiger partial charge is 0.294 e. The minimum Gasteiger partial charge on any atom is -0.412 e. The van der Waals surface area contributed by atoms with E-state index in [4.69, 9.17) is 0 Å². The van der Waals surface area contributed by atoms with E-state index in [1.807, 2.05) is 93.8 Å². The molecule has 0 bridgehead atoms. The summed E-state index contributed by atoms with van der Waals surface area (Å²) in [5.74, 6) is 0. The summed E-state index contributed by atoms with van der Waals surface area (Å²) in [6.07, 6.45) is 13.5. The molecule has 0 saturated heterocycles. The van der Waals surface area contributed by atoms with Gasteiger partial charge in [0, 0.05) is 71.1 Å². The van der Waals surface area contributed by atoms with Gasteiger partial charge in [0.05, 0.1) is 15.2 Å². The number of allylic oxidation sites excluding steroid dienone is 8. The number of hydrogen-bond donors (Lipinski definition) is 2. The van der Waals surface area contributed by atoms with Crippen LogP contribution in [0.5, 0.6) is 0 Å². The van der Waals surface area contributed by atoms with Gasteiger partial charge < -0.3 is 10.4 Å². The molecule has 4 N–H and O–H groups in total. The largest absolute Gasteiger partial charge is 0.412 e. The minimum atomic E-state index is -4.29. The molecule has 2 aliphatic heterocycles. The molecule has 0 saturated carbocycles. The summed E-state index contributed by atoms with van der Waals surface area (Å²) in [7, 11) is -4.73. The Morgan fingerprint density at radius 2 is 1.29 bits per heavy atom. The molecule has 0 aliphatic carbocycles. The maximum atomic E-state index is 11.6. The first-order valence-electron chi connectivity index (χ1n) is 12.3. The summed E-state index contributed by atoms with van der Waals surface area (Å²) in [6.45, 7) is 8.04. The summed E-state index contributed by atoms with van der Waals surface area (Å²) in [5, 5.41) is 0. The Balaban J connectivity index is 0.00000294. The van der Waals surface area contributed by atoms with Gasteiger partial charge in [-0.25, -0.2) is 0 Å². The zero-order valence-electron chi connectivity index (χ0n) is 24.2. The van der Waals surface area contributed by atoms with Gasteiger partial charge in [0.25, 0.3) is 20.2 Å². The van der Waals surface area contributed by atoms with Crippen molar-refractivity contribution in [3.8, 4) is 0 Å². The van der Waals surface area contributed by atoms with E-state index in [1.165, 1.54) is 24.3 Å². The second-order valence-corrected chi connectivity index (χ2v) is 13.6. The van der Waals surface area contributed by atoms with Crippen molar-refractivity contribution < 1.29 is 36.0 Å². The first kappa shape index (κ1) is 34.8. The van der Waals surface area contributed by atoms with Crippen LogP contribution in [0, 0.1) is 0 Å². The Hall–Kier alpha value is -2.35. The average molecular weight is 611 g/mol. The number of hydrogen-bond acceptors (Lipinski definition) is 5. The monoisotopic (exact) mass is 610 g/mol. The molecule has 0 aromatic heterocycles. The Kier molecular flexibility index (Phi) is 10.3. The van der Waals surface area contributed by atoms with Crippen LogP contribution < -0.4 is 4.90 Å². The van der Waals surface area contributed by atoms with Gasteiger partial charge in [-0.15, -0.1) is 0 Å². The van der Waals surface area contributed by atoms with Crippen LogP contribution in [0.25, 0.3) is 0 Å². The molecule has 1 radical (unpaired) electrons. The van der Waals surface area contributed by atoms with Gasteiger partial charge in [0.2, 0.25) is 5.69 Å². The fourth-order valence-corrected chi connectivity index (χ4v) is 6.45. The maximum Gasteiger partial charge on any atom is 0.294 e. The number of anilines is 1. The molecular formula is C29H35N2NaO7S2+. The number of rotatable bonds is 6. The van der Waals surface area contributed by atoms with Crippen LogP contribution in [-0.2, 0) is 31.1 Å². The van der Waals surface area contributed by atoms with Crippen molar-refractivity contribution in [2.24, 2.45) is 0 Å². The number of nitrogens with zero attached hydrogens (tertiary/aromatic N) is 2. The van der Waals surface area contributed by atoms with Crippen LogP contribution in [0.1, 0.15) is 38.8 Å². The van der Waals surface area contributed by atoms with Crippen LogP contribution in [-0.4, -0.2) is 85.4 Å². The summed E-state index contributed by atoms with van der Waals surface area (Å²) in [5.41, 5.74) is 4.46. The topological polar surface area (TPSA) is 146 Å². The van der Waals surface area contributed by atoms with Crippen molar-refractivity contribution in [3.63, 3.8) is 0 Å². The van der Waals surface area contributed by atoms with E-state index in [0.717, 1.165) is 33.9 Å². The van der Waals surface area contributed by atoms with Crippen LogP contribution >= 0.6 is 0 Å². The Morgan fingerprint density at radius 1 is 0.780 bits per heavy atom. The Labute approximate surface area is 264 Å². The van der Waals surface area contributed by atoms with Gasteiger partial charge in [0.15, 0.2) is 5.71 Å². The van der Waals surface area contributed by atoms with Gasteiger partial charge in [-0.05, 0) is 55.8 Å². The summed E-state index contributed by atoms with van der Waals surface area (Å²) < 4.78 is 67.4. The second-order valence-electron chi connectivity index (χ2n) is 10.7. The molecule has 0 spiro atoms. The number of likely N-dealkylation sites (N-methyl/N-ethyl adjacent to an activating group) is 1. The average Bonchev–Trinajstić information content (AvgIpc) is 3.15. The van der Waals surface area contributed by atoms with Crippen molar-refractivity contribution in [2.75, 3.05) is 19.0 Å². The fourth-order valence-electron chi connectivity index (χ4n) is 5.44. The van der Waals surface area contributed by atoms with Gasteiger partial charge in [-0.1, -0.05) is 44.2 Å². The first-order valence-corrected chi connectivity index (χ1v) is 15.2. The molecule has 2 aliphatic rings. The third-order valence-corrected chi connectivity index (χ3v) is 9.26. The van der Waals surface area contributed by atoms with Crippen molar-refractivity contribution in [1.82, 2.24) is 0 Å². The standard InChI is InChI=1S/C29H32N2O6S2.Na.H2O/c1-28(2)22-18-20(38(32,33)34)14-16-24(22)30(5)26(28)12-10-8-7-9-11-13-27-29(3,4)23-19-21(39(35,36)37)15-17-25(23)31(27)6;;/h7-19H,1-6H3,(H-,32,33,34,35,36,37);;1H2/p+1. The van der Waals surface area contributed by atoms with Crippen LogP contribution in [0.4, 0.5) is 11.4 Å². The molecule has 2 aromatic carbocycles. The Bertz CT molecular complexity index is 1730. The summed E-state index contributed by atoms with van der Waals surface area (Å²) in [4.78, 5) is 1.77. The third kappa shape index (κ3) is 6.52. The van der Waals surface area contributed by atoms with Crippen molar-refractivity contribution in [3.05, 3.63) is 95.8 Å². The van der Waals surface area contributed by atoms with E-state index in [0.29, 0.717) is 0 Å². The molecule has 215 valence electrons. The van der Waals surface area contributed by atoms with Crippen molar-refractivity contribution in [1.29, 1.82) is 0 Å². The molecule has 4 rings (SSSR count). The van der Waals surface area contributed by atoms with E-state index in [1.54, 1.807) is 12.1 Å². The molecular weight excluding hydrogens is 575 g/mol. The summed E-state index contributed by atoms with van der Waals surface area (Å²) >= 11 is 0. The van der Waals surface area contributed by atoms with Gasteiger partial charge in [0.1, 0.15) is 7.05 Å². The van der Waals surface area contributed by atoms with E-state index in [2.05, 4.69) is 0 Å². The Morgan fingerprint density at radius 3 is 1.88 bits per heavy atom. The predicted octanol–water partition coefficient (Wildman–Crippen LogP) is 3.96. The van der Waals surface area contributed by atoms with Crippen molar-refractivity contribution in [2.45, 2.75) is 48.3 Å². The van der Waals surface area contributed by atoms with Gasteiger partial charge in [-0.2, -0.15) is 21.4 Å². The normalized spacial score (nSPS) is 18.7. The number of fused-ring (bicyclic) bond motifs is 2. The van der Waals surface area contributed by atoms with Crippen LogP contribution in [0.2, 0.25) is 0 Å². The van der Waals surface area contributed by atoms with E-state index < -0.39 is 31.1 Å². The predicted molar refractivity (Wildman–Crippen MR) is 163 cm³/mol. The van der Waals surface area contributed by atoms with E-state index in [9.17, 15) is 25.9 Å². The van der Waals surface area contributed by atoms with E-state index in [-0.39, 0.29) is 44.8 Å². The van der Waals surface area contributed by atoms with Crippen molar-refractivity contribution >= 4 is 66.9 Å².